The third-order valence-corrected chi connectivity index (χ3v) is 6.36. The number of rotatable bonds is 9. The van der Waals surface area contributed by atoms with Crippen molar-refractivity contribution in [2.75, 3.05) is 13.2 Å². The van der Waals surface area contributed by atoms with E-state index in [1.165, 1.54) is 11.6 Å². The first kappa shape index (κ1) is 22.0. The number of benzene rings is 2. The van der Waals surface area contributed by atoms with Gasteiger partial charge in [0.05, 0.1) is 10.5 Å². The van der Waals surface area contributed by atoms with Crippen molar-refractivity contribution < 1.29 is 14.5 Å². The van der Waals surface area contributed by atoms with Gasteiger partial charge in [0.25, 0.3) is 5.69 Å². The Morgan fingerprint density at radius 3 is 2.81 bits per heavy atom. The molecule has 7 nitrogen and oxygen atoms in total. The van der Waals surface area contributed by atoms with Gasteiger partial charge in [-0.25, -0.2) is 0 Å². The Hall–Kier alpha value is -3.19. The molecule has 1 aliphatic heterocycles. The molecular weight excluding hydrogens is 406 g/mol. The van der Waals surface area contributed by atoms with E-state index in [-0.39, 0.29) is 28.0 Å². The van der Waals surface area contributed by atoms with Crippen molar-refractivity contribution in [3.05, 3.63) is 76.0 Å². The van der Waals surface area contributed by atoms with Crippen molar-refractivity contribution in [3.63, 3.8) is 0 Å². The maximum atomic E-state index is 12.9. The Kier molecular flexibility index (Phi) is 6.55. The molecule has 1 aromatic heterocycles. The Balaban J connectivity index is 1.54. The number of nitrogens with one attached hydrogen (secondary N) is 2. The Morgan fingerprint density at radius 2 is 2.09 bits per heavy atom. The number of non-ortho nitro benzene ring substituents is 1. The second-order valence-corrected chi connectivity index (χ2v) is 8.83. The van der Waals surface area contributed by atoms with Crippen molar-refractivity contribution >= 4 is 22.5 Å². The molecule has 0 unspecified atom stereocenters. The lowest BCUT2D eigenvalue weighted by atomic mass is 9.89. The third-order valence-electron chi connectivity index (χ3n) is 6.36. The van der Waals surface area contributed by atoms with Gasteiger partial charge in [-0.1, -0.05) is 30.3 Å². The highest BCUT2D eigenvalue weighted by Gasteiger charge is 2.30. The standard InChI is InChI=1S/C25H29N3O4/c1-25(12-5-13-32-25)17-27-24(29)14-19(9-8-18-6-3-2-4-7-18)22-16-26-23-11-10-20(28(30)31)15-21(22)23/h2-4,6-7,10-11,15-16,19,26H,5,8-9,12-14,17H2,1H3,(H,27,29)/t19-,25+/m1/s1. The molecule has 1 saturated heterocycles. The van der Waals surface area contributed by atoms with Crippen LogP contribution in [0.4, 0.5) is 5.69 Å². The van der Waals surface area contributed by atoms with Crippen LogP contribution < -0.4 is 5.32 Å². The summed E-state index contributed by atoms with van der Waals surface area (Å²) in [6.07, 6.45) is 5.75. The van der Waals surface area contributed by atoms with Crippen LogP contribution in [0.2, 0.25) is 0 Å². The van der Waals surface area contributed by atoms with E-state index in [4.69, 9.17) is 4.74 Å². The molecule has 1 aliphatic rings. The van der Waals surface area contributed by atoms with E-state index in [1.54, 1.807) is 12.1 Å². The zero-order valence-corrected chi connectivity index (χ0v) is 18.3. The van der Waals surface area contributed by atoms with Crippen LogP contribution in [0.25, 0.3) is 10.9 Å². The van der Waals surface area contributed by atoms with Gasteiger partial charge in [-0.3, -0.25) is 14.9 Å². The summed E-state index contributed by atoms with van der Waals surface area (Å²) in [5.41, 5.74) is 2.74. The molecule has 2 aromatic carbocycles. The number of carbonyl (C=O) groups is 1. The van der Waals surface area contributed by atoms with Gasteiger partial charge in [0.2, 0.25) is 5.91 Å². The molecular formula is C25H29N3O4. The van der Waals surface area contributed by atoms with Gasteiger partial charge in [0, 0.05) is 48.8 Å². The average Bonchev–Trinajstić information content (AvgIpc) is 3.42. The first-order chi connectivity index (χ1) is 15.4. The molecule has 0 bridgehead atoms. The monoisotopic (exact) mass is 435 g/mol. The fourth-order valence-corrected chi connectivity index (χ4v) is 4.49. The Bertz CT molecular complexity index is 1090. The van der Waals surface area contributed by atoms with Crippen LogP contribution >= 0.6 is 0 Å². The summed E-state index contributed by atoms with van der Waals surface area (Å²) in [5, 5.41) is 15.1. The van der Waals surface area contributed by atoms with E-state index in [0.717, 1.165) is 48.8 Å². The van der Waals surface area contributed by atoms with E-state index < -0.39 is 0 Å². The lowest BCUT2D eigenvalue weighted by molar-refractivity contribution is -0.384. The first-order valence-corrected chi connectivity index (χ1v) is 11.1. The normalized spacial score (nSPS) is 19.2. The smallest absolute Gasteiger partial charge is 0.270 e. The quantitative estimate of drug-likeness (QED) is 0.370. The number of ether oxygens (including phenoxy) is 1. The first-order valence-electron chi connectivity index (χ1n) is 11.1. The number of fused-ring (bicyclic) bond motifs is 1. The minimum absolute atomic E-state index is 0.0282. The van der Waals surface area contributed by atoms with Gasteiger partial charge >= 0.3 is 0 Å². The summed E-state index contributed by atoms with van der Waals surface area (Å²) in [4.78, 5) is 27.0. The summed E-state index contributed by atoms with van der Waals surface area (Å²) in [6, 6.07) is 15.0. The average molecular weight is 436 g/mol. The van der Waals surface area contributed by atoms with Crippen molar-refractivity contribution in [1.29, 1.82) is 0 Å². The number of hydrogen-bond donors (Lipinski definition) is 2. The molecule has 3 aromatic rings. The molecule has 168 valence electrons. The van der Waals surface area contributed by atoms with Gasteiger partial charge < -0.3 is 15.0 Å². The van der Waals surface area contributed by atoms with Gasteiger partial charge in [-0.2, -0.15) is 0 Å². The van der Waals surface area contributed by atoms with Gasteiger partial charge in [-0.05, 0) is 55.7 Å². The van der Waals surface area contributed by atoms with Crippen LogP contribution in [0, 0.1) is 10.1 Å². The lowest BCUT2D eigenvalue weighted by Gasteiger charge is -2.24. The number of hydrogen-bond acceptors (Lipinski definition) is 4. The number of aromatic nitrogens is 1. The molecule has 7 heteroatoms. The van der Waals surface area contributed by atoms with Gasteiger partial charge in [-0.15, -0.1) is 0 Å². The maximum Gasteiger partial charge on any atom is 0.270 e. The van der Waals surface area contributed by atoms with Crippen LogP contribution in [-0.4, -0.2) is 34.6 Å². The zero-order valence-electron chi connectivity index (χ0n) is 18.3. The van der Waals surface area contributed by atoms with Crippen LogP contribution in [0.1, 0.15) is 49.7 Å². The molecule has 0 radical (unpaired) electrons. The summed E-state index contributed by atoms with van der Waals surface area (Å²) < 4.78 is 5.78. The van der Waals surface area contributed by atoms with Crippen molar-refractivity contribution in [1.82, 2.24) is 10.3 Å². The van der Waals surface area contributed by atoms with Crippen molar-refractivity contribution in [2.45, 2.75) is 50.5 Å². The van der Waals surface area contributed by atoms with E-state index in [2.05, 4.69) is 22.4 Å². The molecule has 1 amide bonds. The number of H-pyrrole nitrogens is 1. The van der Waals surface area contributed by atoms with E-state index in [1.807, 2.05) is 31.3 Å². The molecule has 0 saturated carbocycles. The largest absolute Gasteiger partial charge is 0.373 e. The third kappa shape index (κ3) is 5.16. The number of aryl methyl sites for hydroxylation is 1. The molecule has 2 heterocycles. The highest BCUT2D eigenvalue weighted by Crippen LogP contribution is 2.33. The number of amides is 1. The van der Waals surface area contributed by atoms with E-state index >= 15 is 0 Å². The molecule has 2 atom stereocenters. The molecule has 2 N–H and O–H groups in total. The molecule has 32 heavy (non-hydrogen) atoms. The number of nitro groups is 1. The minimum Gasteiger partial charge on any atom is -0.373 e. The summed E-state index contributed by atoms with van der Waals surface area (Å²) in [6.45, 7) is 3.27. The second-order valence-electron chi connectivity index (χ2n) is 8.83. The number of aromatic amines is 1. The van der Waals surface area contributed by atoms with Crippen LogP contribution in [0.15, 0.2) is 54.7 Å². The zero-order chi connectivity index (χ0) is 22.6. The SMILES string of the molecule is C[C@@]1(CNC(=O)C[C@@H](CCc2ccccc2)c2c[nH]c3ccc([N+](=O)[O-])cc23)CCCO1. The lowest BCUT2D eigenvalue weighted by Crippen LogP contribution is -2.40. The van der Waals surface area contributed by atoms with Gasteiger partial charge in [0.1, 0.15) is 0 Å². The van der Waals surface area contributed by atoms with Crippen LogP contribution in [0.3, 0.4) is 0 Å². The predicted octanol–water partition coefficient (Wildman–Crippen LogP) is 4.87. The van der Waals surface area contributed by atoms with Crippen LogP contribution in [-0.2, 0) is 16.0 Å². The van der Waals surface area contributed by atoms with Crippen molar-refractivity contribution in [3.8, 4) is 0 Å². The van der Waals surface area contributed by atoms with Crippen molar-refractivity contribution in [2.24, 2.45) is 0 Å². The number of nitro benzene ring substituents is 1. The molecule has 0 spiro atoms. The molecule has 4 rings (SSSR count). The molecule has 0 aliphatic carbocycles. The summed E-state index contributed by atoms with van der Waals surface area (Å²) in [5.74, 6) is -0.0946. The number of carbonyl (C=O) groups excluding carboxylic acids is 1. The Labute approximate surface area is 187 Å². The summed E-state index contributed by atoms with van der Waals surface area (Å²) in [7, 11) is 0. The summed E-state index contributed by atoms with van der Waals surface area (Å²) >= 11 is 0. The molecule has 1 fully saturated rings. The fraction of sp³-hybridized carbons (Fsp3) is 0.400. The topological polar surface area (TPSA) is 97.3 Å². The second kappa shape index (κ2) is 9.53. The fourth-order valence-electron chi connectivity index (χ4n) is 4.49. The highest BCUT2D eigenvalue weighted by molar-refractivity contribution is 5.87. The minimum atomic E-state index is -0.385. The highest BCUT2D eigenvalue weighted by atomic mass is 16.6. The van der Waals surface area contributed by atoms with Crippen LogP contribution in [0.5, 0.6) is 0 Å². The number of nitrogens with zero attached hydrogens (tertiary/aromatic N) is 1. The maximum absolute atomic E-state index is 12.9. The van der Waals surface area contributed by atoms with Gasteiger partial charge in [0.15, 0.2) is 0 Å². The van der Waals surface area contributed by atoms with E-state index in [0.29, 0.717) is 13.0 Å². The predicted molar refractivity (Wildman–Crippen MR) is 124 cm³/mol. The van der Waals surface area contributed by atoms with E-state index in [9.17, 15) is 14.9 Å². The Morgan fingerprint density at radius 1 is 1.28 bits per heavy atom.